The lowest BCUT2D eigenvalue weighted by Crippen LogP contribution is -2.35. The van der Waals surface area contributed by atoms with Crippen LogP contribution in [0.5, 0.6) is 0 Å². The van der Waals surface area contributed by atoms with E-state index in [1.807, 2.05) is 19.1 Å². The van der Waals surface area contributed by atoms with Crippen LogP contribution in [0.25, 0.3) is 6.08 Å². The van der Waals surface area contributed by atoms with Gasteiger partial charge in [0.2, 0.25) is 0 Å². The summed E-state index contributed by atoms with van der Waals surface area (Å²) >= 11 is 0. The number of carbonyl (C=O) groups is 2. The number of rotatable bonds is 7. The Labute approximate surface area is 131 Å². The van der Waals surface area contributed by atoms with E-state index in [4.69, 9.17) is 4.74 Å². The van der Waals surface area contributed by atoms with Crippen LogP contribution in [-0.4, -0.2) is 24.6 Å². The van der Waals surface area contributed by atoms with Crippen molar-refractivity contribution in [3.8, 4) is 0 Å². The second kappa shape index (κ2) is 9.60. The third-order valence-electron chi connectivity index (χ3n) is 2.97. The Morgan fingerprint density at radius 2 is 1.91 bits per heavy atom. The second-order valence-corrected chi connectivity index (χ2v) is 5.00. The lowest BCUT2D eigenvalue weighted by molar-refractivity contribution is -0.137. The summed E-state index contributed by atoms with van der Waals surface area (Å²) in [6.07, 6.45) is 5.03. The monoisotopic (exact) mass is 304 g/mol. The summed E-state index contributed by atoms with van der Waals surface area (Å²) < 4.78 is 4.81. The number of hydrogen-bond donors (Lipinski definition) is 2. The normalized spacial score (nSPS) is 12.0. The first-order valence-electron chi connectivity index (χ1n) is 7.57. The minimum Gasteiger partial charge on any atom is -0.463 e. The van der Waals surface area contributed by atoms with Gasteiger partial charge in [0.1, 0.15) is 0 Å². The van der Waals surface area contributed by atoms with Crippen molar-refractivity contribution in [3.05, 3.63) is 35.9 Å². The van der Waals surface area contributed by atoms with Crippen molar-refractivity contribution < 1.29 is 14.3 Å². The fourth-order valence-electron chi connectivity index (χ4n) is 1.93. The van der Waals surface area contributed by atoms with Crippen LogP contribution < -0.4 is 10.6 Å². The highest BCUT2D eigenvalue weighted by Gasteiger charge is 2.06. The van der Waals surface area contributed by atoms with E-state index in [1.54, 1.807) is 25.1 Å². The average molecular weight is 304 g/mol. The third-order valence-corrected chi connectivity index (χ3v) is 2.97. The number of carbonyl (C=O) groups excluding carboxylic acids is 2. The topological polar surface area (TPSA) is 67.4 Å². The molecule has 0 saturated carbocycles. The number of amides is 2. The SMILES string of the molecule is CCC[C@@H](C)NC(=O)Nc1ccc(/C=C\C(=O)OCC)cc1. The molecule has 0 saturated heterocycles. The lowest BCUT2D eigenvalue weighted by Gasteiger charge is -2.13. The molecule has 0 spiro atoms. The zero-order chi connectivity index (χ0) is 16.4. The van der Waals surface area contributed by atoms with E-state index in [2.05, 4.69) is 17.6 Å². The molecule has 1 aromatic carbocycles. The number of ether oxygens (including phenoxy) is 1. The third kappa shape index (κ3) is 6.92. The van der Waals surface area contributed by atoms with Crippen molar-refractivity contribution in [2.45, 2.75) is 39.7 Å². The van der Waals surface area contributed by atoms with Crippen LogP contribution in [0.1, 0.15) is 39.2 Å². The predicted molar refractivity (Wildman–Crippen MR) is 88.6 cm³/mol. The molecule has 22 heavy (non-hydrogen) atoms. The van der Waals surface area contributed by atoms with Gasteiger partial charge in [-0.05, 0) is 44.0 Å². The molecular formula is C17H24N2O3. The summed E-state index contributed by atoms with van der Waals surface area (Å²) in [5.41, 5.74) is 1.56. The van der Waals surface area contributed by atoms with Gasteiger partial charge in [0, 0.05) is 17.8 Å². The molecule has 0 aliphatic rings. The van der Waals surface area contributed by atoms with Gasteiger partial charge in [0.25, 0.3) is 0 Å². The van der Waals surface area contributed by atoms with Crippen LogP contribution in [0, 0.1) is 0 Å². The van der Waals surface area contributed by atoms with Crippen LogP contribution in [0.2, 0.25) is 0 Å². The maximum Gasteiger partial charge on any atom is 0.330 e. The molecular weight excluding hydrogens is 280 g/mol. The molecule has 1 atom stereocenters. The first kappa shape index (κ1) is 17.8. The summed E-state index contributed by atoms with van der Waals surface area (Å²) in [7, 11) is 0. The van der Waals surface area contributed by atoms with Gasteiger partial charge in [0.15, 0.2) is 0 Å². The van der Waals surface area contributed by atoms with E-state index in [9.17, 15) is 9.59 Å². The fraction of sp³-hybridized carbons (Fsp3) is 0.412. The Hall–Kier alpha value is -2.30. The molecule has 0 radical (unpaired) electrons. The van der Waals surface area contributed by atoms with Crippen molar-refractivity contribution >= 4 is 23.8 Å². The van der Waals surface area contributed by atoms with Gasteiger partial charge < -0.3 is 15.4 Å². The van der Waals surface area contributed by atoms with Gasteiger partial charge in [-0.1, -0.05) is 25.5 Å². The Kier molecular flexibility index (Phi) is 7.75. The molecule has 2 amide bonds. The van der Waals surface area contributed by atoms with Gasteiger partial charge in [-0.15, -0.1) is 0 Å². The molecule has 0 aliphatic heterocycles. The minimum absolute atomic E-state index is 0.150. The molecule has 1 aromatic rings. The van der Waals surface area contributed by atoms with Crippen molar-refractivity contribution in [2.24, 2.45) is 0 Å². The molecule has 2 N–H and O–H groups in total. The average Bonchev–Trinajstić information content (AvgIpc) is 2.47. The standard InChI is InChI=1S/C17H24N2O3/c1-4-6-13(3)18-17(21)19-15-10-7-14(8-11-15)9-12-16(20)22-5-2/h7-13H,4-6H2,1-3H3,(H2,18,19,21)/b12-9-/t13-/m1/s1. The Bertz CT molecular complexity index is 509. The molecule has 0 unspecified atom stereocenters. The molecule has 0 bridgehead atoms. The van der Waals surface area contributed by atoms with E-state index in [0.717, 1.165) is 18.4 Å². The first-order chi connectivity index (χ1) is 10.5. The second-order valence-electron chi connectivity index (χ2n) is 5.00. The maximum atomic E-state index is 11.8. The number of anilines is 1. The molecule has 120 valence electrons. The summed E-state index contributed by atoms with van der Waals surface area (Å²) in [6.45, 7) is 6.18. The number of urea groups is 1. The molecule has 1 rings (SSSR count). The van der Waals surface area contributed by atoms with Crippen LogP contribution in [0.4, 0.5) is 10.5 Å². The number of esters is 1. The van der Waals surface area contributed by atoms with Gasteiger partial charge in [-0.3, -0.25) is 0 Å². The quantitative estimate of drug-likeness (QED) is 0.597. The number of benzene rings is 1. The zero-order valence-electron chi connectivity index (χ0n) is 13.4. The van der Waals surface area contributed by atoms with Crippen molar-refractivity contribution in [3.63, 3.8) is 0 Å². The van der Waals surface area contributed by atoms with E-state index >= 15 is 0 Å². The van der Waals surface area contributed by atoms with Crippen LogP contribution >= 0.6 is 0 Å². The van der Waals surface area contributed by atoms with Crippen molar-refractivity contribution in [2.75, 3.05) is 11.9 Å². The molecule has 0 aliphatic carbocycles. The van der Waals surface area contributed by atoms with E-state index < -0.39 is 0 Å². The van der Waals surface area contributed by atoms with E-state index in [1.165, 1.54) is 6.08 Å². The summed E-state index contributed by atoms with van der Waals surface area (Å²) in [6, 6.07) is 7.15. The minimum atomic E-state index is -0.367. The predicted octanol–water partition coefficient (Wildman–Crippen LogP) is 3.57. The Morgan fingerprint density at radius 1 is 1.23 bits per heavy atom. The van der Waals surface area contributed by atoms with E-state index in [0.29, 0.717) is 12.3 Å². The van der Waals surface area contributed by atoms with E-state index in [-0.39, 0.29) is 18.0 Å². The van der Waals surface area contributed by atoms with Crippen LogP contribution in [0.15, 0.2) is 30.3 Å². The molecule has 0 heterocycles. The Morgan fingerprint density at radius 3 is 2.50 bits per heavy atom. The molecule has 0 aromatic heterocycles. The number of nitrogens with one attached hydrogen (secondary N) is 2. The highest BCUT2D eigenvalue weighted by molar-refractivity contribution is 5.90. The van der Waals surface area contributed by atoms with Gasteiger partial charge in [-0.2, -0.15) is 0 Å². The van der Waals surface area contributed by atoms with Gasteiger partial charge in [-0.25, -0.2) is 9.59 Å². The number of hydrogen-bond acceptors (Lipinski definition) is 3. The van der Waals surface area contributed by atoms with Crippen molar-refractivity contribution in [1.82, 2.24) is 5.32 Å². The highest BCUT2D eigenvalue weighted by atomic mass is 16.5. The largest absolute Gasteiger partial charge is 0.463 e. The Balaban J connectivity index is 2.51. The van der Waals surface area contributed by atoms with Gasteiger partial charge >= 0.3 is 12.0 Å². The van der Waals surface area contributed by atoms with Crippen molar-refractivity contribution in [1.29, 1.82) is 0 Å². The zero-order valence-corrected chi connectivity index (χ0v) is 13.4. The summed E-state index contributed by atoms with van der Waals surface area (Å²) in [4.78, 5) is 23.0. The first-order valence-corrected chi connectivity index (χ1v) is 7.57. The highest BCUT2D eigenvalue weighted by Crippen LogP contribution is 2.11. The van der Waals surface area contributed by atoms with Crippen LogP contribution in [-0.2, 0) is 9.53 Å². The molecule has 5 heteroatoms. The smallest absolute Gasteiger partial charge is 0.330 e. The maximum absolute atomic E-state index is 11.8. The summed E-state index contributed by atoms with van der Waals surface area (Å²) in [5, 5.41) is 5.65. The molecule has 5 nitrogen and oxygen atoms in total. The lowest BCUT2D eigenvalue weighted by atomic mass is 10.2. The molecule has 0 fully saturated rings. The fourth-order valence-corrected chi connectivity index (χ4v) is 1.93. The summed E-state index contributed by atoms with van der Waals surface area (Å²) in [5.74, 6) is -0.367. The van der Waals surface area contributed by atoms with Crippen LogP contribution in [0.3, 0.4) is 0 Å². The van der Waals surface area contributed by atoms with Gasteiger partial charge in [0.05, 0.1) is 6.61 Å².